The van der Waals surface area contributed by atoms with Crippen LogP contribution in [0.3, 0.4) is 0 Å². The van der Waals surface area contributed by atoms with E-state index in [1.54, 1.807) is 7.11 Å². The zero-order valence-corrected chi connectivity index (χ0v) is 14.7. The van der Waals surface area contributed by atoms with Crippen LogP contribution in [0.5, 0.6) is 0 Å². The quantitative estimate of drug-likeness (QED) is 0.835. The summed E-state index contributed by atoms with van der Waals surface area (Å²) >= 11 is 0. The Hall–Kier alpha value is -1.39. The second-order valence-corrected chi connectivity index (χ2v) is 7.24. The van der Waals surface area contributed by atoms with Crippen molar-refractivity contribution in [3.8, 4) is 0 Å². The topological polar surface area (TPSA) is 28.1 Å². The van der Waals surface area contributed by atoms with Gasteiger partial charge in [-0.05, 0) is 32.3 Å². The lowest BCUT2D eigenvalue weighted by molar-refractivity contribution is -0.0396. The van der Waals surface area contributed by atoms with Gasteiger partial charge >= 0.3 is 0 Å². The van der Waals surface area contributed by atoms with Crippen molar-refractivity contribution in [1.29, 1.82) is 0 Å². The van der Waals surface area contributed by atoms with Gasteiger partial charge in [0, 0.05) is 39.7 Å². The molecule has 0 aromatic heterocycles. The first-order chi connectivity index (χ1) is 11.1. The molecule has 0 saturated carbocycles. The van der Waals surface area contributed by atoms with Crippen molar-refractivity contribution < 1.29 is 4.74 Å². The van der Waals surface area contributed by atoms with Crippen LogP contribution in [-0.4, -0.2) is 54.0 Å². The molecule has 0 radical (unpaired) electrons. The monoisotopic (exact) mass is 315 g/mol. The molecule has 1 aromatic carbocycles. The number of hydrazone groups is 1. The number of benzene rings is 1. The van der Waals surface area contributed by atoms with Gasteiger partial charge in [-0.2, -0.15) is 5.10 Å². The van der Waals surface area contributed by atoms with Crippen LogP contribution in [0.1, 0.15) is 38.7 Å². The van der Waals surface area contributed by atoms with Gasteiger partial charge in [-0.15, -0.1) is 0 Å². The van der Waals surface area contributed by atoms with Crippen molar-refractivity contribution in [1.82, 2.24) is 9.91 Å². The third-order valence-corrected chi connectivity index (χ3v) is 5.19. The molecule has 2 fully saturated rings. The van der Waals surface area contributed by atoms with Gasteiger partial charge in [0.15, 0.2) is 0 Å². The van der Waals surface area contributed by atoms with E-state index < -0.39 is 0 Å². The zero-order chi connectivity index (χ0) is 16.3. The summed E-state index contributed by atoms with van der Waals surface area (Å²) in [7, 11) is 1.81. The van der Waals surface area contributed by atoms with Gasteiger partial charge < -0.3 is 4.74 Å². The molecule has 2 saturated heterocycles. The lowest BCUT2D eigenvalue weighted by Gasteiger charge is -2.35. The Morgan fingerprint density at radius 1 is 1.22 bits per heavy atom. The molecule has 0 N–H and O–H groups in total. The highest BCUT2D eigenvalue weighted by Crippen LogP contribution is 2.29. The highest BCUT2D eigenvalue weighted by molar-refractivity contribution is 5.88. The molecule has 126 valence electrons. The van der Waals surface area contributed by atoms with Crippen LogP contribution in [0.25, 0.3) is 0 Å². The maximum Gasteiger partial charge on any atom is 0.0841 e. The average molecular weight is 315 g/mol. The molecule has 0 bridgehead atoms. The van der Waals surface area contributed by atoms with Gasteiger partial charge in [0.25, 0.3) is 0 Å². The molecule has 2 aliphatic rings. The Morgan fingerprint density at radius 3 is 2.74 bits per heavy atom. The van der Waals surface area contributed by atoms with Crippen molar-refractivity contribution in [3.05, 3.63) is 35.9 Å². The molecule has 0 unspecified atom stereocenters. The second-order valence-electron chi connectivity index (χ2n) is 7.24. The maximum absolute atomic E-state index is 5.70. The predicted molar refractivity (Wildman–Crippen MR) is 94.6 cm³/mol. The van der Waals surface area contributed by atoms with Crippen LogP contribution in [0, 0.1) is 0 Å². The van der Waals surface area contributed by atoms with Crippen molar-refractivity contribution in [2.75, 3.05) is 26.7 Å². The Balaban J connectivity index is 1.61. The Kier molecular flexibility index (Phi) is 5.02. The van der Waals surface area contributed by atoms with Gasteiger partial charge in [0.1, 0.15) is 0 Å². The maximum atomic E-state index is 5.70. The number of likely N-dealkylation sites (tertiary alicyclic amines) is 1. The van der Waals surface area contributed by atoms with Crippen LogP contribution in [-0.2, 0) is 11.3 Å². The Labute approximate surface area is 140 Å². The molecule has 4 nitrogen and oxygen atoms in total. The molecule has 2 aliphatic heterocycles. The normalized spacial score (nSPS) is 24.7. The van der Waals surface area contributed by atoms with Gasteiger partial charge in [0.05, 0.1) is 17.4 Å². The molecule has 23 heavy (non-hydrogen) atoms. The lowest BCUT2D eigenvalue weighted by atomic mass is 9.97. The minimum absolute atomic E-state index is 0.136. The first-order valence-corrected chi connectivity index (χ1v) is 8.73. The molecule has 1 atom stereocenters. The van der Waals surface area contributed by atoms with Crippen molar-refractivity contribution >= 4 is 5.71 Å². The van der Waals surface area contributed by atoms with Crippen molar-refractivity contribution in [2.24, 2.45) is 5.10 Å². The van der Waals surface area contributed by atoms with Gasteiger partial charge in [-0.25, -0.2) is 0 Å². The minimum Gasteiger partial charge on any atom is -0.377 e. The van der Waals surface area contributed by atoms with E-state index in [0.717, 1.165) is 32.6 Å². The van der Waals surface area contributed by atoms with E-state index in [9.17, 15) is 0 Å². The summed E-state index contributed by atoms with van der Waals surface area (Å²) in [5.74, 6) is 0. The zero-order valence-electron chi connectivity index (χ0n) is 14.7. The first kappa shape index (κ1) is 16.5. The fraction of sp³-hybridized carbons (Fsp3) is 0.632. The highest BCUT2D eigenvalue weighted by Gasteiger charge is 2.37. The third kappa shape index (κ3) is 3.93. The van der Waals surface area contributed by atoms with E-state index >= 15 is 0 Å². The SMILES string of the molecule is COC(C)(C)[C@@H]1CCCN1/N=C1\CCN(Cc2ccccc2)C1. The summed E-state index contributed by atoms with van der Waals surface area (Å²) in [5.41, 5.74) is 2.57. The minimum atomic E-state index is -0.136. The van der Waals surface area contributed by atoms with Gasteiger partial charge in [0.2, 0.25) is 0 Å². The summed E-state index contributed by atoms with van der Waals surface area (Å²) in [6.07, 6.45) is 3.47. The van der Waals surface area contributed by atoms with Crippen molar-refractivity contribution in [2.45, 2.75) is 51.3 Å². The second kappa shape index (κ2) is 7.02. The van der Waals surface area contributed by atoms with Crippen molar-refractivity contribution in [3.63, 3.8) is 0 Å². The average Bonchev–Trinajstić information content (AvgIpc) is 3.19. The Morgan fingerprint density at radius 2 is 2.00 bits per heavy atom. The smallest absolute Gasteiger partial charge is 0.0841 e. The van der Waals surface area contributed by atoms with E-state index in [-0.39, 0.29) is 5.60 Å². The van der Waals surface area contributed by atoms with Crippen LogP contribution >= 0.6 is 0 Å². The Bertz CT molecular complexity index is 541. The number of rotatable bonds is 5. The molecule has 4 heteroatoms. The number of hydrogen-bond donors (Lipinski definition) is 0. The lowest BCUT2D eigenvalue weighted by Crippen LogP contribution is -2.45. The van der Waals surface area contributed by atoms with E-state index in [1.807, 2.05) is 0 Å². The summed E-state index contributed by atoms with van der Waals surface area (Å²) in [6, 6.07) is 11.1. The molecule has 2 heterocycles. The molecule has 0 spiro atoms. The summed E-state index contributed by atoms with van der Waals surface area (Å²) in [6.45, 7) is 8.52. The van der Waals surface area contributed by atoms with E-state index in [2.05, 4.69) is 54.1 Å². The third-order valence-electron chi connectivity index (χ3n) is 5.19. The molecule has 0 aliphatic carbocycles. The van der Waals surface area contributed by atoms with Crippen LogP contribution in [0.15, 0.2) is 35.4 Å². The number of hydrogen-bond acceptors (Lipinski definition) is 4. The van der Waals surface area contributed by atoms with E-state index in [4.69, 9.17) is 9.84 Å². The van der Waals surface area contributed by atoms with E-state index in [0.29, 0.717) is 6.04 Å². The van der Waals surface area contributed by atoms with Crippen LogP contribution in [0.4, 0.5) is 0 Å². The predicted octanol–water partition coefficient (Wildman–Crippen LogP) is 3.14. The van der Waals surface area contributed by atoms with Gasteiger partial charge in [-0.1, -0.05) is 30.3 Å². The first-order valence-electron chi connectivity index (χ1n) is 8.73. The number of ether oxygens (including phenoxy) is 1. The largest absolute Gasteiger partial charge is 0.377 e. The molecule has 3 rings (SSSR count). The summed E-state index contributed by atoms with van der Waals surface area (Å²) < 4.78 is 5.70. The molecule has 0 amide bonds. The van der Waals surface area contributed by atoms with E-state index in [1.165, 1.54) is 24.1 Å². The summed E-state index contributed by atoms with van der Waals surface area (Å²) in [4.78, 5) is 2.49. The summed E-state index contributed by atoms with van der Waals surface area (Å²) in [5, 5.41) is 7.27. The number of methoxy groups -OCH3 is 1. The molecular formula is C19H29N3O. The number of nitrogens with zero attached hydrogens (tertiary/aromatic N) is 3. The fourth-order valence-corrected chi connectivity index (χ4v) is 3.66. The standard InChI is InChI=1S/C19H29N3O/c1-19(2,23-3)18-10-7-12-22(18)20-17-11-13-21(15-17)14-16-8-5-4-6-9-16/h4-6,8-9,18H,7,10-15H2,1-3H3/b20-17+/t18-/m0/s1. The van der Waals surface area contributed by atoms with Gasteiger partial charge in [-0.3, -0.25) is 9.91 Å². The highest BCUT2D eigenvalue weighted by atomic mass is 16.5. The van der Waals surface area contributed by atoms with Crippen LogP contribution in [0.2, 0.25) is 0 Å². The molecular weight excluding hydrogens is 286 g/mol. The van der Waals surface area contributed by atoms with Crippen LogP contribution < -0.4 is 0 Å². The molecule has 1 aromatic rings. The fourth-order valence-electron chi connectivity index (χ4n) is 3.66.